The molecule has 2 aromatic rings. The summed E-state index contributed by atoms with van der Waals surface area (Å²) in [6.07, 6.45) is 0.990. The second-order valence-corrected chi connectivity index (χ2v) is 5.07. The zero-order valence-corrected chi connectivity index (χ0v) is 12.1. The fourth-order valence-electron chi connectivity index (χ4n) is 2.42. The van der Waals surface area contributed by atoms with E-state index in [1.807, 2.05) is 18.2 Å². The van der Waals surface area contributed by atoms with Gasteiger partial charge in [0.15, 0.2) is 0 Å². The van der Waals surface area contributed by atoms with E-state index >= 15 is 0 Å². The third kappa shape index (κ3) is 3.67. The highest BCUT2D eigenvalue weighted by molar-refractivity contribution is 5.79. The van der Waals surface area contributed by atoms with Crippen molar-refractivity contribution in [2.75, 3.05) is 30.5 Å². The molecule has 0 radical (unpaired) electrons. The fourth-order valence-corrected chi connectivity index (χ4v) is 2.42. The molecule has 0 saturated heterocycles. The molecule has 0 atom stereocenters. The van der Waals surface area contributed by atoms with Crippen LogP contribution in [-0.2, 0) is 6.54 Å². The Kier molecular flexibility index (Phi) is 4.59. The number of hydrogen-bond donors (Lipinski definition) is 3. The van der Waals surface area contributed by atoms with Crippen LogP contribution in [0.5, 0.6) is 5.75 Å². The van der Waals surface area contributed by atoms with Crippen LogP contribution in [0.25, 0.3) is 0 Å². The smallest absolute Gasteiger partial charge is 0.144 e. The maximum absolute atomic E-state index is 5.86. The van der Waals surface area contributed by atoms with Gasteiger partial charge in [-0.3, -0.25) is 0 Å². The van der Waals surface area contributed by atoms with Gasteiger partial charge in [-0.05, 0) is 30.7 Å². The van der Waals surface area contributed by atoms with Gasteiger partial charge in [-0.1, -0.05) is 36.4 Å². The van der Waals surface area contributed by atoms with Crippen molar-refractivity contribution in [2.24, 2.45) is 0 Å². The second-order valence-electron chi connectivity index (χ2n) is 5.07. The van der Waals surface area contributed by atoms with Crippen molar-refractivity contribution in [3.63, 3.8) is 0 Å². The first-order valence-electron chi connectivity index (χ1n) is 7.42. The first kappa shape index (κ1) is 13.8. The minimum absolute atomic E-state index is 0.722. The lowest BCUT2D eigenvalue weighted by atomic mass is 10.2. The van der Waals surface area contributed by atoms with Crippen LogP contribution in [0.1, 0.15) is 12.0 Å². The van der Waals surface area contributed by atoms with Crippen molar-refractivity contribution in [1.82, 2.24) is 5.32 Å². The third-order valence-corrected chi connectivity index (χ3v) is 3.50. The summed E-state index contributed by atoms with van der Waals surface area (Å²) in [6.45, 7) is 3.36. The molecular weight excluding hydrogens is 262 g/mol. The van der Waals surface area contributed by atoms with Gasteiger partial charge in [0.1, 0.15) is 11.4 Å². The Hall–Kier alpha value is -2.20. The topological polar surface area (TPSA) is 45.3 Å². The highest BCUT2D eigenvalue weighted by Gasteiger charge is 2.13. The van der Waals surface area contributed by atoms with Crippen molar-refractivity contribution in [3.8, 4) is 5.75 Å². The SMILES string of the molecule is c1ccc(CNCCCOc2cccc3c2NCN3)cc1. The van der Waals surface area contributed by atoms with E-state index in [2.05, 4.69) is 46.3 Å². The van der Waals surface area contributed by atoms with E-state index in [0.29, 0.717) is 0 Å². The number of hydrogen-bond acceptors (Lipinski definition) is 4. The number of para-hydroxylation sites is 1. The molecule has 0 unspecified atom stereocenters. The van der Waals surface area contributed by atoms with Crippen LogP contribution in [0.15, 0.2) is 48.5 Å². The second kappa shape index (κ2) is 6.99. The van der Waals surface area contributed by atoms with Crippen molar-refractivity contribution in [3.05, 3.63) is 54.1 Å². The molecule has 1 aliphatic heterocycles. The molecule has 0 aromatic heterocycles. The summed E-state index contributed by atoms with van der Waals surface area (Å²) < 4.78 is 5.86. The van der Waals surface area contributed by atoms with Crippen molar-refractivity contribution < 1.29 is 4.74 Å². The first-order valence-corrected chi connectivity index (χ1v) is 7.42. The molecule has 0 amide bonds. The Morgan fingerprint density at radius 2 is 1.90 bits per heavy atom. The summed E-state index contributed by atoms with van der Waals surface area (Å²) in [7, 11) is 0. The van der Waals surface area contributed by atoms with Crippen LogP contribution in [0.4, 0.5) is 11.4 Å². The van der Waals surface area contributed by atoms with E-state index in [-0.39, 0.29) is 0 Å². The molecule has 1 heterocycles. The molecule has 0 fully saturated rings. The average molecular weight is 283 g/mol. The van der Waals surface area contributed by atoms with Crippen LogP contribution in [0, 0.1) is 0 Å². The molecule has 1 aliphatic rings. The molecule has 0 aliphatic carbocycles. The Balaban J connectivity index is 1.36. The number of rotatable bonds is 7. The number of fused-ring (bicyclic) bond motifs is 1. The van der Waals surface area contributed by atoms with Gasteiger partial charge in [-0.15, -0.1) is 0 Å². The maximum Gasteiger partial charge on any atom is 0.144 e. The van der Waals surface area contributed by atoms with E-state index in [9.17, 15) is 0 Å². The van der Waals surface area contributed by atoms with Gasteiger partial charge >= 0.3 is 0 Å². The minimum atomic E-state index is 0.722. The Bertz CT molecular complexity index is 572. The monoisotopic (exact) mass is 283 g/mol. The summed E-state index contributed by atoms with van der Waals surface area (Å²) in [5.74, 6) is 0.931. The van der Waals surface area contributed by atoms with Gasteiger partial charge in [0, 0.05) is 6.54 Å². The Labute approximate surface area is 125 Å². The van der Waals surface area contributed by atoms with Gasteiger partial charge < -0.3 is 20.7 Å². The van der Waals surface area contributed by atoms with Crippen LogP contribution in [0.3, 0.4) is 0 Å². The molecule has 0 saturated carbocycles. The Morgan fingerprint density at radius 1 is 1.00 bits per heavy atom. The predicted octanol–water partition coefficient (Wildman–Crippen LogP) is 3.04. The van der Waals surface area contributed by atoms with Crippen molar-refractivity contribution >= 4 is 11.4 Å². The zero-order valence-electron chi connectivity index (χ0n) is 12.1. The molecule has 3 rings (SSSR count). The molecule has 0 bridgehead atoms. The third-order valence-electron chi connectivity index (χ3n) is 3.50. The summed E-state index contributed by atoms with van der Waals surface area (Å²) in [4.78, 5) is 0. The number of benzene rings is 2. The summed E-state index contributed by atoms with van der Waals surface area (Å²) >= 11 is 0. The quantitative estimate of drug-likeness (QED) is 0.684. The van der Waals surface area contributed by atoms with Crippen LogP contribution < -0.4 is 20.7 Å². The van der Waals surface area contributed by atoms with Crippen LogP contribution in [0.2, 0.25) is 0 Å². The minimum Gasteiger partial charge on any atom is -0.491 e. The van der Waals surface area contributed by atoms with Gasteiger partial charge in [0.2, 0.25) is 0 Å². The van der Waals surface area contributed by atoms with E-state index in [4.69, 9.17) is 4.74 Å². The summed E-state index contributed by atoms with van der Waals surface area (Å²) in [6, 6.07) is 16.5. The molecule has 110 valence electrons. The van der Waals surface area contributed by atoms with E-state index in [1.54, 1.807) is 0 Å². The first-order chi connectivity index (χ1) is 10.4. The van der Waals surface area contributed by atoms with Gasteiger partial charge in [-0.25, -0.2) is 0 Å². The zero-order chi connectivity index (χ0) is 14.3. The molecule has 21 heavy (non-hydrogen) atoms. The molecule has 0 spiro atoms. The lowest BCUT2D eigenvalue weighted by molar-refractivity contribution is 0.309. The number of anilines is 2. The van der Waals surface area contributed by atoms with Gasteiger partial charge in [-0.2, -0.15) is 0 Å². The molecular formula is C17H21N3O. The fraction of sp³-hybridized carbons (Fsp3) is 0.294. The van der Waals surface area contributed by atoms with E-state index < -0.39 is 0 Å². The predicted molar refractivity (Wildman–Crippen MR) is 86.8 cm³/mol. The average Bonchev–Trinajstić information content (AvgIpc) is 3.01. The van der Waals surface area contributed by atoms with Crippen molar-refractivity contribution in [2.45, 2.75) is 13.0 Å². The lowest BCUT2D eigenvalue weighted by Crippen LogP contribution is -2.17. The molecule has 4 nitrogen and oxygen atoms in total. The normalized spacial score (nSPS) is 12.4. The van der Waals surface area contributed by atoms with Gasteiger partial charge in [0.05, 0.1) is 19.0 Å². The molecule has 2 aromatic carbocycles. The largest absolute Gasteiger partial charge is 0.491 e. The maximum atomic E-state index is 5.86. The van der Waals surface area contributed by atoms with Crippen LogP contribution >= 0.6 is 0 Å². The van der Waals surface area contributed by atoms with E-state index in [1.165, 1.54) is 5.56 Å². The van der Waals surface area contributed by atoms with E-state index in [0.717, 1.165) is 49.9 Å². The van der Waals surface area contributed by atoms with Crippen molar-refractivity contribution in [1.29, 1.82) is 0 Å². The summed E-state index contributed by atoms with van der Waals surface area (Å²) in [5.41, 5.74) is 3.51. The highest BCUT2D eigenvalue weighted by Crippen LogP contribution is 2.35. The Morgan fingerprint density at radius 3 is 2.81 bits per heavy atom. The number of nitrogens with one attached hydrogen (secondary N) is 3. The molecule has 3 N–H and O–H groups in total. The lowest BCUT2D eigenvalue weighted by Gasteiger charge is -2.10. The van der Waals surface area contributed by atoms with Gasteiger partial charge in [0.25, 0.3) is 0 Å². The molecule has 4 heteroatoms. The highest BCUT2D eigenvalue weighted by atomic mass is 16.5. The van der Waals surface area contributed by atoms with Crippen LogP contribution in [-0.4, -0.2) is 19.8 Å². The summed E-state index contributed by atoms with van der Waals surface area (Å²) in [5, 5.41) is 9.99. The standard InChI is InChI=1S/C17H21N3O/c1-2-6-14(7-3-1)12-18-10-5-11-21-16-9-4-8-15-17(16)20-13-19-15/h1-4,6-9,18-20H,5,10-13H2. The number of ether oxygens (including phenoxy) is 1.